The minimum absolute atomic E-state index is 0.00278. The second-order valence-electron chi connectivity index (χ2n) is 8.54. The Labute approximate surface area is 178 Å². The van der Waals surface area contributed by atoms with Crippen LogP contribution in [0.2, 0.25) is 0 Å². The molecule has 0 saturated heterocycles. The van der Waals surface area contributed by atoms with Gasteiger partial charge in [0.2, 0.25) is 0 Å². The van der Waals surface area contributed by atoms with Crippen molar-refractivity contribution in [1.82, 2.24) is 0 Å². The topological polar surface area (TPSA) is 34.1 Å². The molecule has 0 spiro atoms. The summed E-state index contributed by atoms with van der Waals surface area (Å²) in [5, 5.41) is 0. The van der Waals surface area contributed by atoms with E-state index < -0.39 is 11.3 Å². The van der Waals surface area contributed by atoms with E-state index in [1.165, 1.54) is 11.1 Å². The van der Waals surface area contributed by atoms with Crippen LogP contribution in [0.3, 0.4) is 0 Å². The summed E-state index contributed by atoms with van der Waals surface area (Å²) < 4.78 is 0. The highest BCUT2D eigenvalue weighted by molar-refractivity contribution is 6.13. The smallest absolute Gasteiger partial charge is 0.173 e. The van der Waals surface area contributed by atoms with E-state index >= 15 is 0 Å². The Morgan fingerprint density at radius 2 is 1.40 bits per heavy atom. The largest absolute Gasteiger partial charge is 0.294 e. The number of aryl methyl sites for hydroxylation is 2. The van der Waals surface area contributed by atoms with Gasteiger partial charge in [0.25, 0.3) is 0 Å². The van der Waals surface area contributed by atoms with E-state index in [0.717, 1.165) is 16.7 Å². The Balaban J connectivity index is 1.89. The average molecular weight is 395 g/mol. The lowest BCUT2D eigenvalue weighted by Crippen LogP contribution is -2.40. The van der Waals surface area contributed by atoms with Crippen LogP contribution in [0.1, 0.15) is 56.8 Å². The van der Waals surface area contributed by atoms with Gasteiger partial charge in [-0.2, -0.15) is 0 Å². The molecule has 1 aliphatic carbocycles. The lowest BCUT2D eigenvalue weighted by atomic mass is 9.64. The van der Waals surface area contributed by atoms with Gasteiger partial charge in [-0.3, -0.25) is 9.59 Å². The van der Waals surface area contributed by atoms with Gasteiger partial charge in [0, 0.05) is 17.0 Å². The number of carbonyl (C=O) groups excluding carboxylic acids is 2. The standard InChI is InChI=1S/C28H26O2/c1-18-14-19(2)16-22(15-18)25-17-28(4,27(30)24-13-9-8-12-23(24)25)20(3)26(29)21-10-6-5-7-11-21/h5-17,20H,1-4H3/t20?,28-/m0/s1. The normalized spacial score (nSPS) is 19.1. The molecule has 0 radical (unpaired) electrons. The van der Waals surface area contributed by atoms with E-state index in [0.29, 0.717) is 11.1 Å². The first kappa shape index (κ1) is 20.0. The van der Waals surface area contributed by atoms with E-state index in [9.17, 15) is 9.59 Å². The summed E-state index contributed by atoms with van der Waals surface area (Å²) >= 11 is 0. The van der Waals surface area contributed by atoms with E-state index in [1.54, 1.807) is 0 Å². The predicted molar refractivity (Wildman–Crippen MR) is 122 cm³/mol. The quantitative estimate of drug-likeness (QED) is 0.476. The van der Waals surface area contributed by atoms with Gasteiger partial charge in [0.05, 0.1) is 5.41 Å². The van der Waals surface area contributed by atoms with E-state index in [4.69, 9.17) is 0 Å². The van der Waals surface area contributed by atoms with Crippen LogP contribution in [0.5, 0.6) is 0 Å². The van der Waals surface area contributed by atoms with Crippen LogP contribution in [-0.2, 0) is 0 Å². The SMILES string of the molecule is Cc1cc(C)cc(C2=C[C@@](C)(C(C)C(=O)c3ccccc3)C(=O)c3ccccc32)c1. The first-order valence-electron chi connectivity index (χ1n) is 10.4. The highest BCUT2D eigenvalue weighted by Crippen LogP contribution is 2.45. The van der Waals surface area contributed by atoms with E-state index in [-0.39, 0.29) is 11.6 Å². The lowest BCUT2D eigenvalue weighted by molar-refractivity contribution is 0.0708. The zero-order valence-electron chi connectivity index (χ0n) is 17.9. The number of ketones is 2. The molecule has 30 heavy (non-hydrogen) atoms. The zero-order chi connectivity index (χ0) is 21.5. The fourth-order valence-electron chi connectivity index (χ4n) is 4.46. The number of hydrogen-bond acceptors (Lipinski definition) is 2. The molecule has 1 aliphatic rings. The minimum Gasteiger partial charge on any atom is -0.294 e. The molecule has 1 unspecified atom stereocenters. The number of Topliss-reactive ketones (excluding diaryl/α,β-unsaturated/α-hetero) is 2. The fraction of sp³-hybridized carbons (Fsp3) is 0.214. The molecule has 0 aromatic heterocycles. The second kappa shape index (κ2) is 7.53. The lowest BCUT2D eigenvalue weighted by Gasteiger charge is -2.36. The van der Waals surface area contributed by atoms with Crippen LogP contribution in [-0.4, -0.2) is 11.6 Å². The molecule has 2 nitrogen and oxygen atoms in total. The van der Waals surface area contributed by atoms with Crippen molar-refractivity contribution in [3.63, 3.8) is 0 Å². The molecular weight excluding hydrogens is 368 g/mol. The maximum Gasteiger partial charge on any atom is 0.173 e. The number of rotatable bonds is 4. The number of fused-ring (bicyclic) bond motifs is 1. The van der Waals surface area contributed by atoms with Crippen molar-refractivity contribution in [2.75, 3.05) is 0 Å². The minimum atomic E-state index is -0.922. The Bertz CT molecular complexity index is 1150. The molecule has 2 heteroatoms. The van der Waals surface area contributed by atoms with Crippen LogP contribution in [0, 0.1) is 25.2 Å². The number of benzene rings is 3. The van der Waals surface area contributed by atoms with Crippen LogP contribution in [0.4, 0.5) is 0 Å². The number of allylic oxidation sites excluding steroid dienone is 1. The van der Waals surface area contributed by atoms with Gasteiger partial charge in [0.1, 0.15) is 0 Å². The summed E-state index contributed by atoms with van der Waals surface area (Å²) in [5.41, 5.74) is 5.79. The molecule has 4 rings (SSSR count). The predicted octanol–water partition coefficient (Wildman–Crippen LogP) is 6.46. The number of carbonyl (C=O) groups is 2. The van der Waals surface area contributed by atoms with Gasteiger partial charge in [-0.25, -0.2) is 0 Å². The third-order valence-corrected chi connectivity index (χ3v) is 6.28. The van der Waals surface area contributed by atoms with Crippen molar-refractivity contribution in [3.8, 4) is 0 Å². The van der Waals surface area contributed by atoms with Gasteiger partial charge in [0.15, 0.2) is 11.6 Å². The summed E-state index contributed by atoms with van der Waals surface area (Å²) in [5.74, 6) is -0.494. The molecule has 2 atom stereocenters. The fourth-order valence-corrected chi connectivity index (χ4v) is 4.46. The van der Waals surface area contributed by atoms with Gasteiger partial charge in [-0.05, 0) is 37.5 Å². The molecule has 0 bridgehead atoms. The van der Waals surface area contributed by atoms with Crippen molar-refractivity contribution in [3.05, 3.63) is 112 Å². The average Bonchev–Trinajstić information content (AvgIpc) is 2.75. The van der Waals surface area contributed by atoms with Crippen molar-refractivity contribution < 1.29 is 9.59 Å². The molecule has 0 heterocycles. The highest BCUT2D eigenvalue weighted by Gasteiger charge is 2.45. The molecule has 0 N–H and O–H groups in total. The monoisotopic (exact) mass is 394 g/mol. The highest BCUT2D eigenvalue weighted by atomic mass is 16.1. The molecule has 150 valence electrons. The molecule has 0 fully saturated rings. The van der Waals surface area contributed by atoms with Crippen molar-refractivity contribution >= 4 is 17.1 Å². The van der Waals surface area contributed by atoms with Crippen LogP contribution in [0.15, 0.2) is 78.9 Å². The summed E-state index contributed by atoms with van der Waals surface area (Å²) in [6, 6.07) is 23.4. The second-order valence-corrected chi connectivity index (χ2v) is 8.54. The molecule has 3 aromatic carbocycles. The third kappa shape index (κ3) is 3.33. The van der Waals surface area contributed by atoms with Gasteiger partial charge < -0.3 is 0 Å². The van der Waals surface area contributed by atoms with Gasteiger partial charge in [-0.1, -0.05) is 96.9 Å². The van der Waals surface area contributed by atoms with E-state index in [2.05, 4.69) is 32.0 Å². The molecular formula is C28H26O2. The Kier molecular flexibility index (Phi) is 5.03. The van der Waals surface area contributed by atoms with Crippen LogP contribution >= 0.6 is 0 Å². The summed E-state index contributed by atoms with van der Waals surface area (Å²) in [7, 11) is 0. The molecule has 3 aromatic rings. The van der Waals surface area contributed by atoms with Crippen LogP contribution < -0.4 is 0 Å². The Morgan fingerprint density at radius 3 is 2.03 bits per heavy atom. The van der Waals surface area contributed by atoms with Crippen LogP contribution in [0.25, 0.3) is 5.57 Å². The summed E-state index contributed by atoms with van der Waals surface area (Å²) in [4.78, 5) is 26.9. The van der Waals surface area contributed by atoms with Crippen molar-refractivity contribution in [2.45, 2.75) is 27.7 Å². The van der Waals surface area contributed by atoms with Gasteiger partial charge in [-0.15, -0.1) is 0 Å². The maximum absolute atomic E-state index is 13.6. The summed E-state index contributed by atoms with van der Waals surface area (Å²) in [6.07, 6.45) is 2.03. The first-order valence-corrected chi connectivity index (χ1v) is 10.4. The first-order chi connectivity index (χ1) is 14.3. The Morgan fingerprint density at radius 1 is 0.833 bits per heavy atom. The van der Waals surface area contributed by atoms with E-state index in [1.807, 2.05) is 74.5 Å². The zero-order valence-corrected chi connectivity index (χ0v) is 17.9. The molecule has 0 aliphatic heterocycles. The number of hydrogen-bond donors (Lipinski definition) is 0. The summed E-state index contributed by atoms with van der Waals surface area (Å²) in [6.45, 7) is 7.94. The van der Waals surface area contributed by atoms with Gasteiger partial charge >= 0.3 is 0 Å². The molecule has 0 amide bonds. The van der Waals surface area contributed by atoms with Crippen molar-refractivity contribution in [1.29, 1.82) is 0 Å². The van der Waals surface area contributed by atoms with Crippen molar-refractivity contribution in [2.24, 2.45) is 11.3 Å². The maximum atomic E-state index is 13.6. The molecule has 0 saturated carbocycles. The Hall–Kier alpha value is -3.26. The third-order valence-electron chi connectivity index (χ3n) is 6.28.